The zero-order valence-corrected chi connectivity index (χ0v) is 11.1. The van der Waals surface area contributed by atoms with Crippen molar-refractivity contribution >= 4 is 11.6 Å². The lowest BCUT2D eigenvalue weighted by atomic mass is 10.0. The summed E-state index contributed by atoms with van der Waals surface area (Å²) in [4.78, 5) is 11.0. The van der Waals surface area contributed by atoms with E-state index in [1.165, 1.54) is 6.92 Å². The third-order valence-electron chi connectivity index (χ3n) is 2.87. The number of carbonyl (C=O) groups excluding carboxylic acids is 1. The third kappa shape index (κ3) is 3.42. The molecule has 0 aliphatic carbocycles. The third-order valence-corrected chi connectivity index (χ3v) is 2.87. The lowest BCUT2D eigenvalue weighted by Gasteiger charge is -2.16. The number of rotatable bonds is 4. The van der Waals surface area contributed by atoms with Gasteiger partial charge in [0.05, 0.1) is 0 Å². The van der Waals surface area contributed by atoms with E-state index in [0.29, 0.717) is 0 Å². The summed E-state index contributed by atoms with van der Waals surface area (Å²) in [5.41, 5.74) is 2.96. The molecule has 1 unspecified atom stereocenters. The monoisotopic (exact) mass is 255 g/mol. The lowest BCUT2D eigenvalue weighted by molar-refractivity contribution is -0.114. The van der Waals surface area contributed by atoms with E-state index >= 15 is 0 Å². The van der Waals surface area contributed by atoms with Gasteiger partial charge in [0, 0.05) is 19.7 Å². The van der Waals surface area contributed by atoms with Gasteiger partial charge in [0.1, 0.15) is 6.10 Å². The Balaban J connectivity index is 2.22. The Morgan fingerprint density at radius 1 is 1.00 bits per heavy atom. The molecule has 98 valence electrons. The highest BCUT2D eigenvalue weighted by molar-refractivity contribution is 5.88. The number of methoxy groups -OCH3 is 1. The van der Waals surface area contributed by atoms with Gasteiger partial charge in [0.2, 0.25) is 5.91 Å². The number of carbonyl (C=O) groups is 1. The highest BCUT2D eigenvalue weighted by Crippen LogP contribution is 2.26. The van der Waals surface area contributed by atoms with Gasteiger partial charge in [-0.25, -0.2) is 0 Å². The van der Waals surface area contributed by atoms with Crippen LogP contribution < -0.4 is 5.32 Å². The largest absolute Gasteiger partial charge is 0.372 e. The molecule has 2 aromatic rings. The number of hydrogen-bond donors (Lipinski definition) is 1. The molecule has 0 fully saturated rings. The molecule has 19 heavy (non-hydrogen) atoms. The van der Waals surface area contributed by atoms with Gasteiger partial charge < -0.3 is 10.1 Å². The van der Waals surface area contributed by atoms with Gasteiger partial charge in [-0.2, -0.15) is 0 Å². The average Bonchev–Trinajstić information content (AvgIpc) is 2.42. The molecule has 0 aliphatic rings. The smallest absolute Gasteiger partial charge is 0.221 e. The van der Waals surface area contributed by atoms with E-state index in [2.05, 4.69) is 5.32 Å². The molecular weight excluding hydrogens is 238 g/mol. The second-order valence-corrected chi connectivity index (χ2v) is 4.33. The van der Waals surface area contributed by atoms with Crippen LogP contribution in [0.1, 0.15) is 24.2 Å². The molecule has 1 N–H and O–H groups in total. The van der Waals surface area contributed by atoms with Gasteiger partial charge >= 0.3 is 0 Å². The molecule has 0 saturated heterocycles. The van der Waals surface area contributed by atoms with Gasteiger partial charge in [-0.3, -0.25) is 4.79 Å². The maximum Gasteiger partial charge on any atom is 0.221 e. The number of amides is 1. The van der Waals surface area contributed by atoms with E-state index in [0.717, 1.165) is 16.8 Å². The van der Waals surface area contributed by atoms with Crippen molar-refractivity contribution in [3.05, 3.63) is 65.7 Å². The Bertz CT molecular complexity index is 534. The topological polar surface area (TPSA) is 38.3 Å². The average molecular weight is 255 g/mol. The second-order valence-electron chi connectivity index (χ2n) is 4.33. The van der Waals surface area contributed by atoms with Crippen LogP contribution in [-0.4, -0.2) is 13.0 Å². The van der Waals surface area contributed by atoms with Gasteiger partial charge in [-0.1, -0.05) is 42.5 Å². The van der Waals surface area contributed by atoms with Crippen molar-refractivity contribution in [2.24, 2.45) is 0 Å². The summed E-state index contributed by atoms with van der Waals surface area (Å²) < 4.78 is 5.56. The molecule has 0 aliphatic heterocycles. The first-order chi connectivity index (χ1) is 9.20. The van der Waals surface area contributed by atoms with Crippen molar-refractivity contribution in [3.8, 4) is 0 Å². The number of benzene rings is 2. The van der Waals surface area contributed by atoms with Crippen molar-refractivity contribution in [2.75, 3.05) is 12.4 Å². The summed E-state index contributed by atoms with van der Waals surface area (Å²) in [5, 5.41) is 2.75. The van der Waals surface area contributed by atoms with Crippen LogP contribution in [0.15, 0.2) is 54.6 Å². The molecular formula is C16H17NO2. The van der Waals surface area contributed by atoms with Crippen LogP contribution in [0.3, 0.4) is 0 Å². The second kappa shape index (κ2) is 6.16. The molecule has 1 atom stereocenters. The standard InChI is InChI=1S/C16H17NO2/c1-12(18)17-15-10-8-14(9-11-15)16(19-2)13-6-4-3-5-7-13/h3-11,16H,1-2H3,(H,17,18). The summed E-state index contributed by atoms with van der Waals surface area (Å²) >= 11 is 0. The van der Waals surface area contributed by atoms with E-state index in [4.69, 9.17) is 4.74 Å². The van der Waals surface area contributed by atoms with Crippen LogP contribution in [0.25, 0.3) is 0 Å². The van der Waals surface area contributed by atoms with Crippen molar-refractivity contribution in [1.29, 1.82) is 0 Å². The molecule has 0 aromatic heterocycles. The SMILES string of the molecule is COC(c1ccccc1)c1ccc(NC(C)=O)cc1. The van der Waals surface area contributed by atoms with E-state index < -0.39 is 0 Å². The highest BCUT2D eigenvalue weighted by atomic mass is 16.5. The van der Waals surface area contributed by atoms with Crippen LogP contribution in [0.4, 0.5) is 5.69 Å². The number of anilines is 1. The molecule has 0 bridgehead atoms. The van der Waals surface area contributed by atoms with Crippen LogP contribution in [0.5, 0.6) is 0 Å². The molecule has 3 nitrogen and oxygen atoms in total. The van der Waals surface area contributed by atoms with Crippen molar-refractivity contribution in [3.63, 3.8) is 0 Å². The van der Waals surface area contributed by atoms with Crippen LogP contribution in [0.2, 0.25) is 0 Å². The summed E-state index contributed by atoms with van der Waals surface area (Å²) in [6.07, 6.45) is -0.0902. The molecule has 0 saturated carbocycles. The Hall–Kier alpha value is -2.13. The van der Waals surface area contributed by atoms with E-state index in [-0.39, 0.29) is 12.0 Å². The van der Waals surface area contributed by atoms with Crippen molar-refractivity contribution in [2.45, 2.75) is 13.0 Å². The first-order valence-corrected chi connectivity index (χ1v) is 6.16. The quantitative estimate of drug-likeness (QED) is 0.909. The maximum atomic E-state index is 11.0. The summed E-state index contributed by atoms with van der Waals surface area (Å²) in [6.45, 7) is 1.50. The van der Waals surface area contributed by atoms with Gasteiger partial charge in [0.15, 0.2) is 0 Å². The Labute approximate surface area is 113 Å². The minimum atomic E-state index is -0.0902. The zero-order valence-electron chi connectivity index (χ0n) is 11.1. The van der Waals surface area contributed by atoms with E-state index in [9.17, 15) is 4.79 Å². The molecule has 1 amide bonds. The molecule has 2 rings (SSSR count). The van der Waals surface area contributed by atoms with Gasteiger partial charge in [-0.05, 0) is 23.3 Å². The molecule has 2 aromatic carbocycles. The van der Waals surface area contributed by atoms with E-state index in [1.54, 1.807) is 7.11 Å². The fourth-order valence-corrected chi connectivity index (χ4v) is 2.04. The minimum absolute atomic E-state index is 0.0703. The molecule has 3 heteroatoms. The lowest BCUT2D eigenvalue weighted by Crippen LogP contribution is -2.07. The Kier molecular flexibility index (Phi) is 4.31. The normalized spacial score (nSPS) is 11.9. The maximum absolute atomic E-state index is 11.0. The minimum Gasteiger partial charge on any atom is -0.372 e. The summed E-state index contributed by atoms with van der Waals surface area (Å²) in [6, 6.07) is 17.7. The predicted octanol–water partition coefficient (Wildman–Crippen LogP) is 3.38. The highest BCUT2D eigenvalue weighted by Gasteiger charge is 2.12. The van der Waals surface area contributed by atoms with Crippen LogP contribution in [0, 0.1) is 0 Å². The summed E-state index contributed by atoms with van der Waals surface area (Å²) in [5.74, 6) is -0.0703. The Morgan fingerprint density at radius 3 is 2.11 bits per heavy atom. The van der Waals surface area contributed by atoms with Gasteiger partial charge in [0.25, 0.3) is 0 Å². The van der Waals surface area contributed by atoms with E-state index in [1.807, 2.05) is 54.6 Å². The fourth-order valence-electron chi connectivity index (χ4n) is 2.04. The summed E-state index contributed by atoms with van der Waals surface area (Å²) in [7, 11) is 1.69. The zero-order chi connectivity index (χ0) is 13.7. The predicted molar refractivity (Wildman–Crippen MR) is 76.0 cm³/mol. The van der Waals surface area contributed by atoms with Crippen molar-refractivity contribution in [1.82, 2.24) is 0 Å². The number of hydrogen-bond acceptors (Lipinski definition) is 2. The van der Waals surface area contributed by atoms with Gasteiger partial charge in [-0.15, -0.1) is 0 Å². The molecule has 0 radical (unpaired) electrons. The molecule has 0 spiro atoms. The first-order valence-electron chi connectivity index (χ1n) is 6.16. The Morgan fingerprint density at radius 2 is 1.58 bits per heavy atom. The molecule has 0 heterocycles. The van der Waals surface area contributed by atoms with Crippen molar-refractivity contribution < 1.29 is 9.53 Å². The first kappa shape index (κ1) is 13.3. The van der Waals surface area contributed by atoms with Crippen LogP contribution in [-0.2, 0) is 9.53 Å². The fraction of sp³-hybridized carbons (Fsp3) is 0.188. The number of nitrogens with one attached hydrogen (secondary N) is 1. The van der Waals surface area contributed by atoms with Crippen LogP contribution >= 0.6 is 0 Å². The number of ether oxygens (including phenoxy) is 1.